The van der Waals surface area contributed by atoms with Crippen molar-refractivity contribution in [1.82, 2.24) is 10.2 Å². The van der Waals surface area contributed by atoms with Crippen LogP contribution in [0.2, 0.25) is 0 Å². The molecule has 0 bridgehead atoms. The van der Waals surface area contributed by atoms with Crippen molar-refractivity contribution in [3.63, 3.8) is 0 Å². The molecule has 2 aliphatic heterocycles. The van der Waals surface area contributed by atoms with Gasteiger partial charge in [0.2, 0.25) is 0 Å². The fourth-order valence-corrected chi connectivity index (χ4v) is 5.36. The summed E-state index contributed by atoms with van der Waals surface area (Å²) in [5, 5.41) is 7.22. The summed E-state index contributed by atoms with van der Waals surface area (Å²) in [5.74, 6) is 1.93. The number of anilines is 1. The molecule has 0 radical (unpaired) electrons. The summed E-state index contributed by atoms with van der Waals surface area (Å²) in [5.41, 5.74) is 1.40. The smallest absolute Gasteiger partial charge is 0.193 e. The molecule has 2 fully saturated rings. The van der Waals surface area contributed by atoms with Gasteiger partial charge in [0, 0.05) is 58.4 Å². The minimum atomic E-state index is 0.0533. The molecular weight excluding hydrogens is 408 g/mol. The molecule has 0 saturated carbocycles. The van der Waals surface area contributed by atoms with Crippen molar-refractivity contribution in [2.24, 2.45) is 4.99 Å². The van der Waals surface area contributed by atoms with Crippen LogP contribution in [-0.2, 0) is 10.2 Å². The highest BCUT2D eigenvalue weighted by Crippen LogP contribution is 2.35. The second-order valence-electron chi connectivity index (χ2n) is 8.18. The third-order valence-corrected chi connectivity index (χ3v) is 7.35. The van der Waals surface area contributed by atoms with Crippen molar-refractivity contribution >= 4 is 22.3 Å². The molecule has 0 aliphatic carbocycles. The standard InChI is InChI=1S/C24H34N4O2S/c1-3-30-21-8-6-20(7-9-21)24(10-16-29-17-11-24)19-26-23(25-2)28-14-12-27(13-15-28)22-5-4-18-31-22/h4-9,18H,3,10-17,19H2,1-2H3,(H,25,26). The fraction of sp³-hybridized carbons (Fsp3) is 0.542. The van der Waals surface area contributed by atoms with Crippen LogP contribution >= 0.6 is 11.3 Å². The molecule has 2 aliphatic rings. The topological polar surface area (TPSA) is 49.3 Å². The van der Waals surface area contributed by atoms with Gasteiger partial charge in [0.25, 0.3) is 0 Å². The molecule has 0 unspecified atom stereocenters. The van der Waals surface area contributed by atoms with Crippen LogP contribution in [0.1, 0.15) is 25.3 Å². The lowest BCUT2D eigenvalue weighted by Gasteiger charge is -2.41. The van der Waals surface area contributed by atoms with E-state index in [2.05, 4.69) is 61.9 Å². The maximum absolute atomic E-state index is 5.71. The number of thiophene rings is 1. The van der Waals surface area contributed by atoms with Gasteiger partial charge in [0.15, 0.2) is 5.96 Å². The normalized spacial score (nSPS) is 19.4. The highest BCUT2D eigenvalue weighted by molar-refractivity contribution is 7.14. The van der Waals surface area contributed by atoms with Gasteiger partial charge < -0.3 is 24.6 Å². The predicted octanol–water partition coefficient (Wildman–Crippen LogP) is 3.59. The zero-order chi connectivity index (χ0) is 21.5. The first-order chi connectivity index (χ1) is 15.2. The van der Waals surface area contributed by atoms with Crippen molar-refractivity contribution in [1.29, 1.82) is 0 Å². The molecule has 3 heterocycles. The zero-order valence-corrected chi connectivity index (χ0v) is 19.5. The molecule has 1 aromatic heterocycles. The van der Waals surface area contributed by atoms with E-state index in [4.69, 9.17) is 9.47 Å². The number of nitrogens with one attached hydrogen (secondary N) is 1. The number of nitrogens with zero attached hydrogens (tertiary/aromatic N) is 3. The van der Waals surface area contributed by atoms with Gasteiger partial charge in [-0.1, -0.05) is 12.1 Å². The van der Waals surface area contributed by atoms with Crippen LogP contribution in [0.25, 0.3) is 0 Å². The van der Waals surface area contributed by atoms with Gasteiger partial charge >= 0.3 is 0 Å². The average molecular weight is 443 g/mol. The maximum atomic E-state index is 5.71. The molecule has 0 amide bonds. The van der Waals surface area contributed by atoms with Gasteiger partial charge in [-0.2, -0.15) is 0 Å². The SMILES string of the molecule is CCOc1ccc(C2(CNC(=NC)N3CCN(c4cccs4)CC3)CCOCC2)cc1. The molecule has 1 N–H and O–H groups in total. The van der Waals surface area contributed by atoms with Gasteiger partial charge in [0.1, 0.15) is 5.75 Å². The molecule has 31 heavy (non-hydrogen) atoms. The molecule has 4 rings (SSSR count). The van der Waals surface area contributed by atoms with Crippen LogP contribution in [0, 0.1) is 0 Å². The summed E-state index contributed by atoms with van der Waals surface area (Å²) in [6.07, 6.45) is 2.02. The first-order valence-corrected chi connectivity index (χ1v) is 12.2. The Kier molecular flexibility index (Phi) is 7.35. The second-order valence-corrected chi connectivity index (χ2v) is 9.10. The van der Waals surface area contributed by atoms with E-state index in [1.807, 2.05) is 25.3 Å². The molecule has 168 valence electrons. The lowest BCUT2D eigenvalue weighted by Crippen LogP contribution is -2.54. The number of ether oxygens (including phenoxy) is 2. The third kappa shape index (κ3) is 5.15. The Hall–Kier alpha value is -2.25. The van der Waals surface area contributed by atoms with Crippen LogP contribution in [-0.4, -0.2) is 70.5 Å². The molecule has 2 saturated heterocycles. The zero-order valence-electron chi connectivity index (χ0n) is 18.7. The van der Waals surface area contributed by atoms with E-state index in [0.29, 0.717) is 6.61 Å². The fourth-order valence-electron chi connectivity index (χ4n) is 4.57. The molecule has 0 atom stereocenters. The Labute approximate surface area is 189 Å². The van der Waals surface area contributed by atoms with Crippen molar-refractivity contribution in [3.8, 4) is 5.75 Å². The number of guanidine groups is 1. The summed E-state index contributed by atoms with van der Waals surface area (Å²) in [4.78, 5) is 9.46. The average Bonchev–Trinajstić information content (AvgIpc) is 3.36. The Bertz CT molecular complexity index is 824. The number of piperazine rings is 1. The maximum Gasteiger partial charge on any atom is 0.193 e. The summed E-state index contributed by atoms with van der Waals surface area (Å²) < 4.78 is 11.3. The van der Waals surface area contributed by atoms with Crippen molar-refractivity contribution in [2.75, 3.05) is 64.5 Å². The number of aliphatic imine (C=N–C) groups is 1. The van der Waals surface area contributed by atoms with Gasteiger partial charge in [-0.25, -0.2) is 0 Å². The largest absolute Gasteiger partial charge is 0.494 e. The molecule has 6 nitrogen and oxygen atoms in total. The Morgan fingerprint density at radius 3 is 2.48 bits per heavy atom. The third-order valence-electron chi connectivity index (χ3n) is 6.42. The van der Waals surface area contributed by atoms with Gasteiger partial charge in [-0.05, 0) is 55.0 Å². The quantitative estimate of drug-likeness (QED) is 0.547. The van der Waals surface area contributed by atoms with E-state index in [9.17, 15) is 0 Å². The molecular formula is C24H34N4O2S. The number of hydrogen-bond acceptors (Lipinski definition) is 5. The summed E-state index contributed by atoms with van der Waals surface area (Å²) in [6, 6.07) is 13.0. The van der Waals surface area contributed by atoms with E-state index in [1.165, 1.54) is 10.6 Å². The van der Waals surface area contributed by atoms with Crippen LogP contribution in [0.4, 0.5) is 5.00 Å². The van der Waals surface area contributed by atoms with Crippen LogP contribution in [0.3, 0.4) is 0 Å². The Morgan fingerprint density at radius 2 is 1.87 bits per heavy atom. The number of hydrogen-bond donors (Lipinski definition) is 1. The monoisotopic (exact) mass is 442 g/mol. The van der Waals surface area contributed by atoms with Crippen LogP contribution < -0.4 is 15.0 Å². The minimum absolute atomic E-state index is 0.0533. The summed E-state index contributed by atoms with van der Waals surface area (Å²) in [7, 11) is 1.89. The van der Waals surface area contributed by atoms with Gasteiger partial charge in [0.05, 0.1) is 11.6 Å². The van der Waals surface area contributed by atoms with Gasteiger partial charge in [-0.3, -0.25) is 4.99 Å². The van der Waals surface area contributed by atoms with E-state index in [1.54, 1.807) is 0 Å². The van der Waals surface area contributed by atoms with Crippen molar-refractivity contribution in [2.45, 2.75) is 25.2 Å². The molecule has 1 aromatic carbocycles. The molecule has 0 spiro atoms. The van der Waals surface area contributed by atoms with E-state index < -0.39 is 0 Å². The number of rotatable bonds is 6. The lowest BCUT2D eigenvalue weighted by atomic mass is 9.74. The predicted molar refractivity (Wildman–Crippen MR) is 129 cm³/mol. The van der Waals surface area contributed by atoms with Crippen LogP contribution in [0.15, 0.2) is 46.8 Å². The number of benzene rings is 1. The summed E-state index contributed by atoms with van der Waals surface area (Å²) >= 11 is 1.82. The first kappa shape index (κ1) is 22.0. The Balaban J connectivity index is 1.40. The Morgan fingerprint density at radius 1 is 1.13 bits per heavy atom. The van der Waals surface area contributed by atoms with E-state index in [0.717, 1.165) is 70.5 Å². The highest BCUT2D eigenvalue weighted by Gasteiger charge is 2.35. The van der Waals surface area contributed by atoms with E-state index in [-0.39, 0.29) is 5.41 Å². The molecule has 2 aromatic rings. The highest BCUT2D eigenvalue weighted by atomic mass is 32.1. The minimum Gasteiger partial charge on any atom is -0.494 e. The van der Waals surface area contributed by atoms with Crippen molar-refractivity contribution < 1.29 is 9.47 Å². The van der Waals surface area contributed by atoms with E-state index >= 15 is 0 Å². The lowest BCUT2D eigenvalue weighted by molar-refractivity contribution is 0.0511. The van der Waals surface area contributed by atoms with Crippen molar-refractivity contribution in [3.05, 3.63) is 47.3 Å². The summed E-state index contributed by atoms with van der Waals surface area (Å²) in [6.45, 7) is 9.19. The van der Waals surface area contributed by atoms with Gasteiger partial charge in [-0.15, -0.1) is 11.3 Å². The first-order valence-electron chi connectivity index (χ1n) is 11.3. The second kappa shape index (κ2) is 10.4. The van der Waals surface area contributed by atoms with Crippen LogP contribution in [0.5, 0.6) is 5.75 Å². The molecule has 7 heteroatoms.